The lowest BCUT2D eigenvalue weighted by Crippen LogP contribution is -2.19. The average molecular weight is 157 g/mol. The molecule has 0 saturated carbocycles. The topological polar surface area (TPSA) is 29.5 Å². The van der Waals surface area contributed by atoms with Gasteiger partial charge in [-0.05, 0) is 13.6 Å². The molecule has 0 atom stereocenters. The molecule has 0 heterocycles. The number of carbonyl (C=O) groups is 1. The summed E-state index contributed by atoms with van der Waals surface area (Å²) in [6.45, 7) is 7.93. The Morgan fingerprint density at radius 3 is 2.82 bits per heavy atom. The zero-order chi connectivity index (χ0) is 8.69. The number of rotatable bonds is 6. The van der Waals surface area contributed by atoms with Gasteiger partial charge in [0.1, 0.15) is 5.76 Å². The van der Waals surface area contributed by atoms with E-state index in [1.165, 1.54) is 0 Å². The Hall–Kier alpha value is -0.830. The Morgan fingerprint density at radius 2 is 2.36 bits per heavy atom. The van der Waals surface area contributed by atoms with E-state index < -0.39 is 0 Å². The van der Waals surface area contributed by atoms with Crippen molar-refractivity contribution in [3.05, 3.63) is 12.3 Å². The highest BCUT2D eigenvalue weighted by Crippen LogP contribution is 1.98. The van der Waals surface area contributed by atoms with E-state index in [-0.39, 0.29) is 0 Å². The van der Waals surface area contributed by atoms with Gasteiger partial charge in [-0.2, -0.15) is 0 Å². The van der Waals surface area contributed by atoms with Crippen LogP contribution in [0.1, 0.15) is 13.3 Å². The minimum absolute atomic E-state index is 0.411. The van der Waals surface area contributed by atoms with Gasteiger partial charge in [0.2, 0.25) is 0 Å². The second-order valence-electron chi connectivity index (χ2n) is 2.40. The number of carbonyl (C=O) groups excluding carboxylic acids is 1. The molecule has 0 aliphatic heterocycles. The van der Waals surface area contributed by atoms with Crippen LogP contribution >= 0.6 is 0 Å². The van der Waals surface area contributed by atoms with E-state index in [4.69, 9.17) is 0 Å². The van der Waals surface area contributed by atoms with E-state index in [0.29, 0.717) is 18.7 Å². The maximum absolute atomic E-state index is 9.83. The van der Waals surface area contributed by atoms with Crippen LogP contribution in [0.25, 0.3) is 0 Å². The first-order chi connectivity index (χ1) is 5.20. The van der Waals surface area contributed by atoms with E-state index in [9.17, 15) is 4.79 Å². The van der Waals surface area contributed by atoms with Gasteiger partial charge in [0.05, 0.1) is 0 Å². The van der Waals surface area contributed by atoms with Crippen LogP contribution < -0.4 is 0 Å². The summed E-state index contributed by atoms with van der Waals surface area (Å²) in [6, 6.07) is 0. The van der Waals surface area contributed by atoms with Crippen LogP contribution in [0.4, 0.5) is 0 Å². The lowest BCUT2D eigenvalue weighted by atomic mass is 10.3. The smallest absolute Gasteiger partial charge is 0.298 e. The fourth-order valence-corrected chi connectivity index (χ4v) is 0.601. The van der Waals surface area contributed by atoms with Crippen LogP contribution in [0, 0.1) is 0 Å². The predicted octanol–water partition coefficient (Wildman–Crippen LogP) is 1.01. The van der Waals surface area contributed by atoms with Gasteiger partial charge in [0.15, 0.2) is 0 Å². The van der Waals surface area contributed by atoms with Gasteiger partial charge in [-0.15, -0.1) is 0 Å². The van der Waals surface area contributed by atoms with E-state index in [0.717, 1.165) is 13.1 Å². The molecule has 0 aliphatic rings. The number of hydrogen-bond acceptors (Lipinski definition) is 3. The van der Waals surface area contributed by atoms with Gasteiger partial charge in [0, 0.05) is 13.0 Å². The summed E-state index contributed by atoms with van der Waals surface area (Å²) in [5, 5.41) is 0. The fourth-order valence-electron chi connectivity index (χ4n) is 0.601. The summed E-state index contributed by atoms with van der Waals surface area (Å²) >= 11 is 0. The Labute approximate surface area is 67.6 Å². The first-order valence-corrected chi connectivity index (χ1v) is 3.67. The molecule has 0 rings (SSSR count). The molecule has 0 spiro atoms. The molecule has 3 heteroatoms. The second-order valence-corrected chi connectivity index (χ2v) is 2.40. The first kappa shape index (κ1) is 10.2. The summed E-state index contributed by atoms with van der Waals surface area (Å²) in [4.78, 5) is 12.0. The summed E-state index contributed by atoms with van der Waals surface area (Å²) in [5.74, 6) is 0.528. The molecule has 0 bridgehead atoms. The molecular weight excluding hydrogens is 142 g/mol. The highest BCUT2D eigenvalue weighted by Gasteiger charge is 1.97. The van der Waals surface area contributed by atoms with Crippen molar-refractivity contribution >= 4 is 6.47 Å². The van der Waals surface area contributed by atoms with Gasteiger partial charge < -0.3 is 9.64 Å². The average Bonchev–Trinajstić information content (AvgIpc) is 2.01. The quantitative estimate of drug-likeness (QED) is 0.426. The molecule has 3 nitrogen and oxygen atoms in total. The minimum Gasteiger partial charge on any atom is -0.434 e. The van der Waals surface area contributed by atoms with Crippen LogP contribution in [0.15, 0.2) is 12.3 Å². The fraction of sp³-hybridized carbons (Fsp3) is 0.625. The monoisotopic (exact) mass is 157 g/mol. The van der Waals surface area contributed by atoms with Crippen LogP contribution in [-0.4, -0.2) is 31.5 Å². The van der Waals surface area contributed by atoms with E-state index >= 15 is 0 Å². The highest BCUT2D eigenvalue weighted by atomic mass is 16.5. The van der Waals surface area contributed by atoms with E-state index in [2.05, 4.69) is 23.1 Å². The van der Waals surface area contributed by atoms with Crippen molar-refractivity contribution in [1.29, 1.82) is 0 Å². The van der Waals surface area contributed by atoms with Crippen molar-refractivity contribution in [1.82, 2.24) is 4.90 Å². The highest BCUT2D eigenvalue weighted by molar-refractivity contribution is 5.39. The number of nitrogens with zero attached hydrogens (tertiary/aromatic N) is 1. The van der Waals surface area contributed by atoms with Gasteiger partial charge in [0.25, 0.3) is 6.47 Å². The SMILES string of the molecule is C=C(CCN(C)CC)OC=O. The predicted molar refractivity (Wildman–Crippen MR) is 44.1 cm³/mol. The molecule has 0 unspecified atom stereocenters. The first-order valence-electron chi connectivity index (χ1n) is 3.67. The van der Waals surface area contributed by atoms with E-state index in [1.54, 1.807) is 0 Å². The normalized spacial score (nSPS) is 9.73. The molecule has 0 aromatic heterocycles. The third-order valence-corrected chi connectivity index (χ3v) is 1.53. The molecule has 0 aromatic carbocycles. The number of hydrogen-bond donors (Lipinski definition) is 0. The maximum atomic E-state index is 9.83. The standard InChI is InChI=1S/C8H15NO2/c1-4-9(3)6-5-8(2)11-7-10/h7H,2,4-6H2,1,3H3. The van der Waals surface area contributed by atoms with Crippen molar-refractivity contribution < 1.29 is 9.53 Å². The van der Waals surface area contributed by atoms with Crippen molar-refractivity contribution in [2.24, 2.45) is 0 Å². The molecule has 0 radical (unpaired) electrons. The van der Waals surface area contributed by atoms with E-state index in [1.807, 2.05) is 7.05 Å². The molecule has 11 heavy (non-hydrogen) atoms. The van der Waals surface area contributed by atoms with Gasteiger partial charge in [-0.25, -0.2) is 0 Å². The summed E-state index contributed by atoms with van der Waals surface area (Å²) in [5.41, 5.74) is 0. The lowest BCUT2D eigenvalue weighted by Gasteiger charge is -2.13. The zero-order valence-corrected chi connectivity index (χ0v) is 7.17. The Morgan fingerprint density at radius 1 is 1.73 bits per heavy atom. The van der Waals surface area contributed by atoms with Gasteiger partial charge >= 0.3 is 0 Å². The largest absolute Gasteiger partial charge is 0.434 e. The second kappa shape index (κ2) is 5.92. The van der Waals surface area contributed by atoms with Crippen LogP contribution in [0.2, 0.25) is 0 Å². The zero-order valence-electron chi connectivity index (χ0n) is 7.17. The lowest BCUT2D eigenvalue weighted by molar-refractivity contribution is -0.125. The Kier molecular flexibility index (Phi) is 5.47. The van der Waals surface area contributed by atoms with Crippen molar-refractivity contribution in [2.45, 2.75) is 13.3 Å². The third kappa shape index (κ3) is 5.61. The molecule has 0 aromatic rings. The van der Waals surface area contributed by atoms with Crippen LogP contribution in [-0.2, 0) is 9.53 Å². The molecule has 0 aliphatic carbocycles. The van der Waals surface area contributed by atoms with Crippen LogP contribution in [0.5, 0.6) is 0 Å². The summed E-state index contributed by atoms with van der Waals surface area (Å²) < 4.78 is 4.54. The van der Waals surface area contributed by atoms with Crippen molar-refractivity contribution in [2.75, 3.05) is 20.1 Å². The van der Waals surface area contributed by atoms with Gasteiger partial charge in [-0.3, -0.25) is 4.79 Å². The Balaban J connectivity index is 3.37. The van der Waals surface area contributed by atoms with Crippen molar-refractivity contribution in [3.63, 3.8) is 0 Å². The van der Waals surface area contributed by atoms with Gasteiger partial charge in [-0.1, -0.05) is 13.5 Å². The van der Waals surface area contributed by atoms with Crippen LogP contribution in [0.3, 0.4) is 0 Å². The Bertz CT molecular complexity index is 134. The molecule has 0 amide bonds. The molecule has 0 saturated heterocycles. The molecule has 0 fully saturated rings. The van der Waals surface area contributed by atoms with Crippen molar-refractivity contribution in [3.8, 4) is 0 Å². The minimum atomic E-state index is 0.411. The molecule has 0 N–H and O–H groups in total. The maximum Gasteiger partial charge on any atom is 0.298 e. The number of ether oxygens (including phenoxy) is 1. The summed E-state index contributed by atoms with van der Waals surface area (Å²) in [6.07, 6.45) is 0.711. The summed E-state index contributed by atoms with van der Waals surface area (Å²) in [7, 11) is 2.01. The molecule has 64 valence electrons. The molecular formula is C8H15NO2. The third-order valence-electron chi connectivity index (χ3n) is 1.53.